The maximum atomic E-state index is 14.0. The standard InChI is InChI=1S/C23H16ClFN2O/c1-15-10-12-17(14-19(15)24)27-22(13-11-16-6-2-4-8-20(16)25)26-21-9-5-3-7-18(21)23(27)28/h2-14H,1H3/b13-11-. The van der Waals surface area contributed by atoms with E-state index >= 15 is 0 Å². The van der Waals surface area contributed by atoms with E-state index in [-0.39, 0.29) is 11.4 Å². The van der Waals surface area contributed by atoms with E-state index in [1.165, 1.54) is 10.6 Å². The molecule has 4 aromatic rings. The normalized spacial score (nSPS) is 11.4. The fourth-order valence-electron chi connectivity index (χ4n) is 3.01. The van der Waals surface area contributed by atoms with Gasteiger partial charge in [-0.15, -0.1) is 0 Å². The molecule has 28 heavy (non-hydrogen) atoms. The highest BCUT2D eigenvalue weighted by Gasteiger charge is 2.12. The molecule has 0 radical (unpaired) electrons. The van der Waals surface area contributed by atoms with Gasteiger partial charge in [0.15, 0.2) is 0 Å². The summed E-state index contributed by atoms with van der Waals surface area (Å²) in [4.78, 5) is 17.8. The molecule has 0 bridgehead atoms. The van der Waals surface area contributed by atoms with Crippen molar-refractivity contribution in [3.8, 4) is 5.69 Å². The van der Waals surface area contributed by atoms with Gasteiger partial charge in [0.2, 0.25) is 0 Å². The Morgan fingerprint density at radius 1 is 1.00 bits per heavy atom. The Balaban J connectivity index is 1.97. The molecule has 1 heterocycles. The van der Waals surface area contributed by atoms with E-state index in [2.05, 4.69) is 4.98 Å². The number of fused-ring (bicyclic) bond motifs is 1. The number of hydrogen-bond donors (Lipinski definition) is 0. The number of rotatable bonds is 3. The zero-order valence-electron chi connectivity index (χ0n) is 15.1. The van der Waals surface area contributed by atoms with Crippen LogP contribution in [0, 0.1) is 12.7 Å². The minimum Gasteiger partial charge on any atom is -0.268 e. The van der Waals surface area contributed by atoms with Crippen LogP contribution in [0.3, 0.4) is 0 Å². The van der Waals surface area contributed by atoms with Crippen molar-refractivity contribution in [2.24, 2.45) is 0 Å². The summed E-state index contributed by atoms with van der Waals surface area (Å²) in [5.74, 6) is 0.0543. The lowest BCUT2D eigenvalue weighted by atomic mass is 10.1. The second-order valence-corrected chi connectivity index (χ2v) is 6.82. The van der Waals surface area contributed by atoms with E-state index in [9.17, 15) is 9.18 Å². The molecular formula is C23H16ClFN2O. The zero-order valence-corrected chi connectivity index (χ0v) is 15.8. The molecule has 138 valence electrons. The molecule has 1 aromatic heterocycles. The van der Waals surface area contributed by atoms with E-state index in [4.69, 9.17) is 11.6 Å². The van der Waals surface area contributed by atoms with Crippen LogP contribution in [0.4, 0.5) is 4.39 Å². The highest BCUT2D eigenvalue weighted by molar-refractivity contribution is 6.31. The molecule has 0 amide bonds. The third-order valence-electron chi connectivity index (χ3n) is 4.53. The first-order valence-corrected chi connectivity index (χ1v) is 9.13. The second-order valence-electron chi connectivity index (χ2n) is 6.42. The Bertz CT molecular complexity index is 1280. The summed E-state index contributed by atoms with van der Waals surface area (Å²) in [6.07, 6.45) is 3.25. The number of aromatic nitrogens is 2. The van der Waals surface area contributed by atoms with Crippen molar-refractivity contribution in [2.75, 3.05) is 0 Å². The van der Waals surface area contributed by atoms with Crippen LogP contribution in [0.15, 0.2) is 71.5 Å². The molecule has 0 spiro atoms. The van der Waals surface area contributed by atoms with Crippen LogP contribution >= 0.6 is 11.6 Å². The van der Waals surface area contributed by atoms with Crippen LogP contribution in [0.1, 0.15) is 17.0 Å². The van der Waals surface area contributed by atoms with Gasteiger partial charge >= 0.3 is 0 Å². The van der Waals surface area contributed by atoms with E-state index < -0.39 is 0 Å². The summed E-state index contributed by atoms with van der Waals surface area (Å²) < 4.78 is 15.5. The summed E-state index contributed by atoms with van der Waals surface area (Å²) in [5.41, 5.74) is 2.30. The highest BCUT2D eigenvalue weighted by Crippen LogP contribution is 2.21. The van der Waals surface area contributed by atoms with Gasteiger partial charge < -0.3 is 0 Å². The molecule has 0 N–H and O–H groups in total. The lowest BCUT2D eigenvalue weighted by Crippen LogP contribution is -2.22. The van der Waals surface area contributed by atoms with Gasteiger partial charge in [0.25, 0.3) is 5.56 Å². The van der Waals surface area contributed by atoms with Crippen LogP contribution in [0.5, 0.6) is 0 Å². The van der Waals surface area contributed by atoms with Crippen LogP contribution in [-0.4, -0.2) is 9.55 Å². The third kappa shape index (κ3) is 3.35. The first-order chi connectivity index (χ1) is 13.5. The molecule has 5 heteroatoms. The second kappa shape index (κ2) is 7.41. The molecule has 0 saturated carbocycles. The molecular weight excluding hydrogens is 375 g/mol. The number of aryl methyl sites for hydroxylation is 1. The number of benzene rings is 3. The Kier molecular flexibility index (Phi) is 4.80. The summed E-state index contributed by atoms with van der Waals surface area (Å²) in [6.45, 7) is 1.90. The van der Waals surface area contributed by atoms with Gasteiger partial charge in [-0.1, -0.05) is 48.0 Å². The zero-order chi connectivity index (χ0) is 19.7. The van der Waals surface area contributed by atoms with Crippen LogP contribution < -0.4 is 5.56 Å². The minimum absolute atomic E-state index is 0.210. The van der Waals surface area contributed by atoms with Crippen LogP contribution in [0.25, 0.3) is 28.7 Å². The summed E-state index contributed by atoms with van der Waals surface area (Å²) in [5, 5.41) is 1.06. The number of para-hydroxylation sites is 1. The average Bonchev–Trinajstić information content (AvgIpc) is 2.70. The van der Waals surface area contributed by atoms with Crippen molar-refractivity contribution < 1.29 is 4.39 Å². The third-order valence-corrected chi connectivity index (χ3v) is 4.94. The largest absolute Gasteiger partial charge is 0.268 e. The smallest absolute Gasteiger partial charge is 0.266 e. The quantitative estimate of drug-likeness (QED) is 0.452. The Morgan fingerprint density at radius 3 is 2.54 bits per heavy atom. The fourth-order valence-corrected chi connectivity index (χ4v) is 3.18. The molecule has 0 unspecified atom stereocenters. The Hall–Kier alpha value is -3.24. The fraction of sp³-hybridized carbons (Fsp3) is 0.0435. The van der Waals surface area contributed by atoms with Gasteiger partial charge in [-0.2, -0.15) is 0 Å². The number of halogens is 2. The van der Waals surface area contributed by atoms with Gasteiger partial charge in [0, 0.05) is 10.6 Å². The van der Waals surface area contributed by atoms with Crippen LogP contribution in [0.2, 0.25) is 5.02 Å². The molecule has 0 fully saturated rings. The highest BCUT2D eigenvalue weighted by atomic mass is 35.5. The Morgan fingerprint density at radius 2 is 1.75 bits per heavy atom. The van der Waals surface area contributed by atoms with E-state index in [0.29, 0.717) is 33.0 Å². The van der Waals surface area contributed by atoms with Gasteiger partial charge in [0.1, 0.15) is 11.6 Å². The molecule has 4 rings (SSSR count). The number of nitrogens with zero attached hydrogens (tertiary/aromatic N) is 2. The van der Waals surface area contributed by atoms with Crippen molar-refractivity contribution in [3.05, 3.63) is 105 Å². The molecule has 3 nitrogen and oxygen atoms in total. The van der Waals surface area contributed by atoms with Crippen molar-refractivity contribution in [3.63, 3.8) is 0 Å². The van der Waals surface area contributed by atoms with Crippen molar-refractivity contribution >= 4 is 34.7 Å². The van der Waals surface area contributed by atoms with Crippen molar-refractivity contribution in [1.29, 1.82) is 0 Å². The minimum atomic E-state index is -0.341. The average molecular weight is 391 g/mol. The Labute approximate surface area is 166 Å². The summed E-state index contributed by atoms with van der Waals surface area (Å²) in [6, 6.07) is 19.0. The van der Waals surface area contributed by atoms with Crippen molar-refractivity contribution in [1.82, 2.24) is 9.55 Å². The SMILES string of the molecule is Cc1ccc(-n2c(/C=C\c3ccccc3F)nc3ccccc3c2=O)cc1Cl. The summed E-state index contributed by atoms with van der Waals surface area (Å²) >= 11 is 6.28. The van der Waals surface area contributed by atoms with E-state index in [1.807, 2.05) is 25.1 Å². The van der Waals surface area contributed by atoms with E-state index in [1.54, 1.807) is 54.6 Å². The van der Waals surface area contributed by atoms with Gasteiger partial charge in [0.05, 0.1) is 16.6 Å². The summed E-state index contributed by atoms with van der Waals surface area (Å²) in [7, 11) is 0. The molecule has 0 aliphatic rings. The first kappa shape index (κ1) is 18.1. The molecule has 3 aromatic carbocycles. The van der Waals surface area contributed by atoms with E-state index in [0.717, 1.165) is 5.56 Å². The maximum Gasteiger partial charge on any atom is 0.266 e. The molecule has 0 aliphatic heterocycles. The lowest BCUT2D eigenvalue weighted by Gasteiger charge is -2.12. The molecule has 0 saturated heterocycles. The van der Waals surface area contributed by atoms with Crippen LogP contribution in [-0.2, 0) is 0 Å². The molecule has 0 atom stereocenters. The van der Waals surface area contributed by atoms with Gasteiger partial charge in [-0.25, -0.2) is 9.37 Å². The maximum absolute atomic E-state index is 14.0. The lowest BCUT2D eigenvalue weighted by molar-refractivity contribution is 0.625. The predicted octanol–water partition coefficient (Wildman–Crippen LogP) is 5.66. The molecule has 0 aliphatic carbocycles. The first-order valence-electron chi connectivity index (χ1n) is 8.75. The van der Waals surface area contributed by atoms with Crippen molar-refractivity contribution in [2.45, 2.75) is 6.92 Å². The van der Waals surface area contributed by atoms with Gasteiger partial charge in [-0.05, 0) is 55.0 Å². The topological polar surface area (TPSA) is 34.9 Å². The number of hydrogen-bond acceptors (Lipinski definition) is 2. The predicted molar refractivity (Wildman–Crippen MR) is 112 cm³/mol. The monoisotopic (exact) mass is 390 g/mol. The van der Waals surface area contributed by atoms with Gasteiger partial charge in [-0.3, -0.25) is 9.36 Å².